The predicted octanol–water partition coefficient (Wildman–Crippen LogP) is 5.83. The highest BCUT2D eigenvalue weighted by molar-refractivity contribution is 8.00. The third-order valence-corrected chi connectivity index (χ3v) is 18.8. The molecule has 0 aromatic heterocycles. The van der Waals surface area contributed by atoms with Gasteiger partial charge in [-0.05, 0) is 62.3 Å². The monoisotopic (exact) mass is 1360 g/mol. The Labute approximate surface area is 569 Å². The summed E-state index contributed by atoms with van der Waals surface area (Å²) in [7, 11) is 6.25. The standard InChI is InChI=1S/C69H114N6O19S/c1-14-47(7)65(57(89-12)42-62(82)75-30-22-25-54(75)66(90-13)48(8)55(77)40-51(69(87)88)39-50-23-18-16-19-24-50)74(11)68(86)52(45(3)4)41-56(78)64(46(5)6)73(10)61(81)26-20-17-21-28-71-67(85)58(43-63(83)84)95-44-53(49(9)76)72-60(80)27-31-91-33-35-93-37-38-94-36-34-92-32-29-70-59(79)15-2/h16,18-19,23-24,45-48,51-54,57-58,64-66H,14-15,17,20-22,25-44H2,1-13H3,(H,70,79)(H,71,85)(H,72,80)(H,83,84)(H,87,88)/t47-,48-,51+,52-,53?,54-,57+,58?,64-,65-,66+/m0/s1/i2T. The number of carboxylic acids is 2. The number of benzene rings is 1. The molecule has 0 radical (unpaired) electrons. The summed E-state index contributed by atoms with van der Waals surface area (Å²) >= 11 is 0.942. The van der Waals surface area contributed by atoms with Gasteiger partial charge in [0, 0.05) is 99.0 Å². The first kappa shape index (κ1) is 83.3. The van der Waals surface area contributed by atoms with E-state index in [-0.39, 0.29) is 143 Å². The zero-order valence-electron chi connectivity index (χ0n) is 59.6. The second-order valence-corrected chi connectivity index (χ2v) is 26.5. The van der Waals surface area contributed by atoms with Gasteiger partial charge in [0.2, 0.25) is 35.4 Å². The fraction of sp³-hybridized carbons (Fsp3) is 0.754. The summed E-state index contributed by atoms with van der Waals surface area (Å²) in [6.45, 7) is 17.6. The second kappa shape index (κ2) is 47.1. The van der Waals surface area contributed by atoms with E-state index in [1.54, 1.807) is 30.8 Å². The van der Waals surface area contributed by atoms with Crippen LogP contribution in [0.15, 0.2) is 30.3 Å². The van der Waals surface area contributed by atoms with Crippen LogP contribution in [0, 0.1) is 35.5 Å². The van der Waals surface area contributed by atoms with E-state index in [0.29, 0.717) is 84.6 Å². The minimum Gasteiger partial charge on any atom is -0.481 e. The summed E-state index contributed by atoms with van der Waals surface area (Å²) in [5, 5.41) is 26.7. The number of rotatable bonds is 53. The van der Waals surface area contributed by atoms with Crippen LogP contribution in [0.4, 0.5) is 0 Å². The number of Topliss-reactive ketones (excluding diaryl/α,β-unsaturated/α-hetero) is 3. The van der Waals surface area contributed by atoms with Crippen molar-refractivity contribution in [2.75, 3.05) is 107 Å². The number of hydrogen-bond acceptors (Lipinski definition) is 18. The van der Waals surface area contributed by atoms with Crippen molar-refractivity contribution in [3.05, 3.63) is 35.9 Å². The van der Waals surface area contributed by atoms with Crippen LogP contribution in [0.25, 0.3) is 0 Å². The molecule has 95 heavy (non-hydrogen) atoms. The molecule has 2 rings (SSSR count). The average molecular weight is 1370 g/mol. The van der Waals surface area contributed by atoms with Gasteiger partial charge in [-0.3, -0.25) is 52.7 Å². The van der Waals surface area contributed by atoms with Gasteiger partial charge in [-0.1, -0.05) is 98.5 Å². The summed E-state index contributed by atoms with van der Waals surface area (Å²) < 4.78 is 40.8. The van der Waals surface area contributed by atoms with Crippen molar-refractivity contribution in [2.24, 2.45) is 35.5 Å². The van der Waals surface area contributed by atoms with Crippen LogP contribution in [0.5, 0.6) is 0 Å². The Bertz CT molecular complexity index is 2550. The fourth-order valence-electron chi connectivity index (χ4n) is 11.8. The van der Waals surface area contributed by atoms with Crippen LogP contribution in [-0.2, 0) is 87.6 Å². The van der Waals surface area contributed by atoms with E-state index in [1.807, 2.05) is 71.9 Å². The molecule has 0 saturated carbocycles. The number of thioether (sulfide) groups is 1. The summed E-state index contributed by atoms with van der Waals surface area (Å²) in [5.41, 5.74) is 0.810. The number of amides is 6. The number of likely N-dealkylation sites (tertiary alicyclic amines) is 1. The number of unbranched alkanes of at least 4 members (excludes halogenated alkanes) is 2. The summed E-state index contributed by atoms with van der Waals surface area (Å²) in [4.78, 5) is 150. The van der Waals surface area contributed by atoms with E-state index >= 15 is 0 Å². The Hall–Kier alpha value is -5.90. The Morgan fingerprint density at radius 1 is 0.716 bits per heavy atom. The normalized spacial score (nSPS) is 16.5. The van der Waals surface area contributed by atoms with E-state index in [0.717, 1.165) is 17.3 Å². The lowest BCUT2D eigenvalue weighted by Crippen LogP contribution is -2.54. The first-order valence-electron chi connectivity index (χ1n) is 34.3. The first-order valence-corrected chi connectivity index (χ1v) is 34.7. The third kappa shape index (κ3) is 31.5. The van der Waals surface area contributed by atoms with Crippen LogP contribution in [-0.4, -0.2) is 238 Å². The topological polar surface area (TPSA) is 329 Å². The minimum absolute atomic E-state index is 0.0389. The average Bonchev–Trinajstić information content (AvgIpc) is 1.38. The number of carboxylic acid groups (broad SMARTS) is 2. The molecule has 1 fully saturated rings. The van der Waals surface area contributed by atoms with Crippen molar-refractivity contribution >= 4 is 76.5 Å². The molecule has 0 spiro atoms. The molecule has 26 heteroatoms. The number of nitrogens with one attached hydrogen (secondary N) is 3. The van der Waals surface area contributed by atoms with E-state index < -0.39 is 89.6 Å². The van der Waals surface area contributed by atoms with Crippen LogP contribution in [0.1, 0.15) is 153 Å². The number of carbonyl (C=O) groups is 11. The van der Waals surface area contributed by atoms with E-state index in [9.17, 15) is 63.0 Å². The molecular formula is C69H114N6O19S. The van der Waals surface area contributed by atoms with Gasteiger partial charge in [0.05, 0.1) is 113 Å². The minimum atomic E-state index is -1.22. The number of aliphatic carboxylic acids is 2. The molecule has 1 aromatic rings. The number of methoxy groups -OCH3 is 2. The van der Waals surface area contributed by atoms with Crippen molar-refractivity contribution in [3.8, 4) is 0 Å². The van der Waals surface area contributed by atoms with Gasteiger partial charge in [0.25, 0.3) is 0 Å². The Balaban J connectivity index is 1.93. The molecule has 540 valence electrons. The Morgan fingerprint density at radius 3 is 1.91 bits per heavy atom. The van der Waals surface area contributed by atoms with Crippen LogP contribution < -0.4 is 16.0 Å². The van der Waals surface area contributed by atoms with Gasteiger partial charge in [-0.15, -0.1) is 11.8 Å². The van der Waals surface area contributed by atoms with Gasteiger partial charge in [0.1, 0.15) is 5.78 Å². The molecule has 1 heterocycles. The smallest absolute Gasteiger partial charge is 0.307 e. The van der Waals surface area contributed by atoms with Gasteiger partial charge in [0.15, 0.2) is 11.6 Å². The zero-order chi connectivity index (χ0) is 71.9. The van der Waals surface area contributed by atoms with E-state index in [4.69, 9.17) is 29.8 Å². The lowest BCUT2D eigenvalue weighted by Gasteiger charge is -2.41. The largest absolute Gasteiger partial charge is 0.481 e. The number of nitrogens with zero attached hydrogens (tertiary/aromatic N) is 3. The fourth-order valence-corrected chi connectivity index (χ4v) is 13.0. The van der Waals surface area contributed by atoms with Crippen LogP contribution >= 0.6 is 11.8 Å². The molecule has 1 aliphatic heterocycles. The highest BCUT2D eigenvalue weighted by atomic mass is 32.2. The van der Waals surface area contributed by atoms with Crippen molar-refractivity contribution in [2.45, 2.75) is 194 Å². The molecule has 6 amide bonds. The summed E-state index contributed by atoms with van der Waals surface area (Å²) in [5.74, 6) is -8.45. The Kier molecular flexibility index (Phi) is 41.3. The van der Waals surface area contributed by atoms with Crippen LogP contribution in [0.2, 0.25) is 0 Å². The number of ketones is 3. The molecule has 25 nitrogen and oxygen atoms in total. The summed E-state index contributed by atoms with van der Waals surface area (Å²) in [6, 6.07) is 6.26. The molecule has 11 atom stereocenters. The second-order valence-electron chi connectivity index (χ2n) is 25.3. The van der Waals surface area contributed by atoms with Gasteiger partial charge < -0.3 is 69.3 Å². The van der Waals surface area contributed by atoms with Crippen LogP contribution in [0.3, 0.4) is 0 Å². The molecule has 1 aliphatic rings. The van der Waals surface area contributed by atoms with E-state index in [2.05, 4.69) is 16.0 Å². The molecule has 0 aliphatic carbocycles. The van der Waals surface area contributed by atoms with E-state index in [1.165, 1.54) is 26.0 Å². The SMILES string of the molecule is [3H]CCC(=O)NCCOCCOCCOCCOCCC(=O)NC(CSC(CC(=O)O)C(=O)NCCCCCC(=O)N(C)[C@H](C(=O)C[C@H](C(=O)N(C)[C@@H]([C@@H](C)CC)[C@@H](CC(=O)N1CCC[C@H]1[C@H](OC)[C@@H](C)C(=O)C[C@@H](Cc1ccccc1)C(=O)O)OC)C(C)C)C(C)C)C(C)=O. The lowest BCUT2D eigenvalue weighted by atomic mass is 9.83. The molecule has 1 aromatic carbocycles. The zero-order valence-corrected chi connectivity index (χ0v) is 59.4. The maximum Gasteiger partial charge on any atom is 0.307 e. The van der Waals surface area contributed by atoms with Gasteiger partial charge >= 0.3 is 11.9 Å². The number of ether oxygens (including phenoxy) is 6. The lowest BCUT2D eigenvalue weighted by molar-refractivity contribution is -0.150. The van der Waals surface area contributed by atoms with Crippen molar-refractivity contribution < 1.29 is 92.7 Å². The number of carbonyl (C=O) groups excluding carboxylic acids is 9. The quantitative estimate of drug-likeness (QED) is 0.0479. The van der Waals surface area contributed by atoms with Gasteiger partial charge in [-0.25, -0.2) is 0 Å². The molecular weight excluding hydrogens is 1250 g/mol. The third-order valence-electron chi connectivity index (χ3n) is 17.5. The Morgan fingerprint density at radius 2 is 1.35 bits per heavy atom. The molecule has 5 N–H and O–H groups in total. The van der Waals surface area contributed by atoms with Gasteiger partial charge in [-0.2, -0.15) is 0 Å². The molecule has 0 bridgehead atoms. The van der Waals surface area contributed by atoms with Crippen molar-refractivity contribution in [3.63, 3.8) is 0 Å². The maximum absolute atomic E-state index is 14.8. The molecule has 2 unspecified atom stereocenters. The number of likely N-dealkylation sites (N-methyl/N-ethyl adjacent to an activating group) is 2. The molecule has 1 saturated heterocycles. The van der Waals surface area contributed by atoms with Crippen molar-refractivity contribution in [1.82, 2.24) is 30.7 Å². The van der Waals surface area contributed by atoms with Crippen molar-refractivity contribution in [1.29, 1.82) is 0 Å². The predicted molar refractivity (Wildman–Crippen MR) is 360 cm³/mol. The highest BCUT2D eigenvalue weighted by Gasteiger charge is 2.44. The first-order chi connectivity index (χ1) is 45.6. The highest BCUT2D eigenvalue weighted by Crippen LogP contribution is 2.32. The summed E-state index contributed by atoms with van der Waals surface area (Å²) in [6.07, 6.45) is 1.23. The number of hydrogen-bond donors (Lipinski definition) is 5. The maximum atomic E-state index is 14.8.